The molecule has 0 saturated carbocycles. The van der Waals surface area contributed by atoms with Crippen LogP contribution >= 0.6 is 0 Å². The molecule has 10 nitrogen and oxygen atoms in total. The molecule has 5 rings (SSSR count). The van der Waals surface area contributed by atoms with Crippen molar-refractivity contribution in [2.24, 2.45) is 0 Å². The second-order valence-electron chi connectivity index (χ2n) is 8.28. The molecule has 0 unspecified atom stereocenters. The number of ether oxygens (including phenoxy) is 1. The minimum absolute atomic E-state index is 0.00449. The van der Waals surface area contributed by atoms with Crippen LogP contribution in [0.2, 0.25) is 0 Å². The Labute approximate surface area is 200 Å². The fourth-order valence-electron chi connectivity index (χ4n) is 4.06. The van der Waals surface area contributed by atoms with Crippen molar-refractivity contribution in [3.05, 3.63) is 77.9 Å². The van der Waals surface area contributed by atoms with Crippen LogP contribution < -0.4 is 10.6 Å². The van der Waals surface area contributed by atoms with Gasteiger partial charge in [0.05, 0.1) is 36.3 Å². The molecule has 0 radical (unpaired) electrons. The molecule has 1 aliphatic heterocycles. The van der Waals surface area contributed by atoms with E-state index in [1.165, 1.54) is 6.33 Å². The summed E-state index contributed by atoms with van der Waals surface area (Å²) in [5.74, 6) is 0.465. The fourth-order valence-corrected chi connectivity index (χ4v) is 4.06. The number of hydrogen-bond donors (Lipinski definition) is 4. The van der Waals surface area contributed by atoms with Crippen LogP contribution in [0.5, 0.6) is 0 Å². The van der Waals surface area contributed by atoms with Gasteiger partial charge in [0.1, 0.15) is 23.6 Å². The molecule has 35 heavy (non-hydrogen) atoms. The molecular formula is C25H24N6O4. The average Bonchev–Trinajstić information content (AvgIpc) is 3.35. The molecule has 1 saturated heterocycles. The van der Waals surface area contributed by atoms with E-state index in [0.717, 1.165) is 12.8 Å². The first-order chi connectivity index (χ1) is 17.1. The zero-order chi connectivity index (χ0) is 24.2. The van der Waals surface area contributed by atoms with Gasteiger partial charge in [0.25, 0.3) is 5.91 Å². The number of aromatic amines is 1. The van der Waals surface area contributed by atoms with Gasteiger partial charge in [-0.15, -0.1) is 0 Å². The van der Waals surface area contributed by atoms with Crippen LogP contribution in [-0.4, -0.2) is 62.1 Å². The number of amides is 1. The molecule has 1 fully saturated rings. The number of aromatic nitrogens is 4. The maximum absolute atomic E-state index is 13.4. The first-order valence-corrected chi connectivity index (χ1v) is 11.3. The number of fused-ring (bicyclic) bond motifs is 1. The van der Waals surface area contributed by atoms with Crippen LogP contribution in [0, 0.1) is 0 Å². The van der Waals surface area contributed by atoms with Crippen LogP contribution in [-0.2, 0) is 4.74 Å². The van der Waals surface area contributed by atoms with Gasteiger partial charge in [-0.05, 0) is 37.1 Å². The van der Waals surface area contributed by atoms with E-state index < -0.39 is 0 Å². The van der Waals surface area contributed by atoms with E-state index in [9.17, 15) is 14.7 Å². The Kier molecular flexibility index (Phi) is 6.47. The number of aliphatic hydroxyl groups excluding tert-OH is 1. The van der Waals surface area contributed by atoms with Crippen molar-refractivity contribution in [3.8, 4) is 0 Å². The number of carbonyl (C=O) groups is 2. The van der Waals surface area contributed by atoms with Gasteiger partial charge < -0.3 is 25.5 Å². The van der Waals surface area contributed by atoms with Gasteiger partial charge in [-0.25, -0.2) is 15.0 Å². The number of benzene rings is 1. The molecule has 0 spiro atoms. The van der Waals surface area contributed by atoms with Crippen molar-refractivity contribution < 1.29 is 19.4 Å². The monoisotopic (exact) mass is 472 g/mol. The molecule has 2 atom stereocenters. The Bertz CT molecular complexity index is 1330. The highest BCUT2D eigenvalue weighted by Gasteiger charge is 2.24. The number of hydrogen-bond acceptors (Lipinski definition) is 8. The van der Waals surface area contributed by atoms with Crippen LogP contribution in [0.3, 0.4) is 0 Å². The van der Waals surface area contributed by atoms with Gasteiger partial charge in [0, 0.05) is 23.5 Å². The summed E-state index contributed by atoms with van der Waals surface area (Å²) in [6, 6.07) is 11.7. The first kappa shape index (κ1) is 22.6. The summed E-state index contributed by atoms with van der Waals surface area (Å²) in [7, 11) is 0. The molecule has 178 valence electrons. The van der Waals surface area contributed by atoms with Gasteiger partial charge in [-0.1, -0.05) is 18.2 Å². The van der Waals surface area contributed by atoms with Gasteiger partial charge in [-0.2, -0.15) is 0 Å². The van der Waals surface area contributed by atoms with Gasteiger partial charge in [-0.3, -0.25) is 9.59 Å². The lowest BCUT2D eigenvalue weighted by Crippen LogP contribution is -2.36. The predicted molar refractivity (Wildman–Crippen MR) is 129 cm³/mol. The van der Waals surface area contributed by atoms with Crippen molar-refractivity contribution in [1.29, 1.82) is 0 Å². The normalized spacial score (nSPS) is 17.7. The smallest absolute Gasteiger partial charge is 0.256 e. The SMILES string of the molecule is O=C(Nc1ccccn1)c1ccc(C(=O)c2c[nH]c3ncnc(N[C@H]4CC[C@H](CO)OC4)c23)cc1. The van der Waals surface area contributed by atoms with Crippen molar-refractivity contribution in [1.82, 2.24) is 19.9 Å². The topological polar surface area (TPSA) is 142 Å². The third-order valence-electron chi connectivity index (χ3n) is 5.94. The fraction of sp³-hybridized carbons (Fsp3) is 0.240. The summed E-state index contributed by atoms with van der Waals surface area (Å²) in [6.07, 6.45) is 6.06. The lowest BCUT2D eigenvalue weighted by atomic mass is 10.0. The summed E-state index contributed by atoms with van der Waals surface area (Å²) < 4.78 is 5.65. The van der Waals surface area contributed by atoms with Gasteiger partial charge >= 0.3 is 0 Å². The molecule has 1 aromatic carbocycles. The number of H-pyrrole nitrogens is 1. The number of carbonyl (C=O) groups excluding carboxylic acids is 2. The lowest BCUT2D eigenvalue weighted by molar-refractivity contribution is -0.0224. The van der Waals surface area contributed by atoms with Crippen molar-refractivity contribution in [3.63, 3.8) is 0 Å². The standard InChI is InChI=1S/C25H24N6O4/c32-12-18-9-8-17(13-35-18)30-24-21-19(11-27-23(21)28-14-29-24)22(33)15-4-6-16(7-5-15)25(34)31-20-3-1-2-10-26-20/h1-7,10-11,14,17-18,32H,8-9,12-13H2,(H,26,31,34)(H2,27,28,29,30)/t17-,18+/m0/s1. The molecule has 4 aromatic rings. The Morgan fingerprint density at radius 3 is 2.60 bits per heavy atom. The Morgan fingerprint density at radius 2 is 1.89 bits per heavy atom. The van der Waals surface area contributed by atoms with E-state index in [1.807, 2.05) is 0 Å². The third kappa shape index (κ3) is 4.88. The Balaban J connectivity index is 1.35. The summed E-state index contributed by atoms with van der Waals surface area (Å²) in [6.45, 7) is 0.441. The summed E-state index contributed by atoms with van der Waals surface area (Å²) in [4.78, 5) is 41.6. The molecule has 0 aliphatic carbocycles. The largest absolute Gasteiger partial charge is 0.394 e. The highest BCUT2D eigenvalue weighted by molar-refractivity contribution is 6.18. The number of ketones is 1. The zero-order valence-corrected chi connectivity index (χ0v) is 18.8. The van der Waals surface area contributed by atoms with Crippen molar-refractivity contribution in [2.45, 2.75) is 25.0 Å². The summed E-state index contributed by atoms with van der Waals surface area (Å²) >= 11 is 0. The molecule has 1 amide bonds. The highest BCUT2D eigenvalue weighted by atomic mass is 16.5. The Hall–Kier alpha value is -4.15. The lowest BCUT2D eigenvalue weighted by Gasteiger charge is -2.29. The molecule has 3 aromatic heterocycles. The number of rotatable bonds is 7. The Morgan fingerprint density at radius 1 is 1.06 bits per heavy atom. The summed E-state index contributed by atoms with van der Waals surface area (Å²) in [5, 5.41) is 15.9. The number of aliphatic hydroxyl groups is 1. The van der Waals surface area contributed by atoms with Crippen LogP contribution in [0.15, 0.2) is 61.2 Å². The van der Waals surface area contributed by atoms with Crippen LogP contribution in [0.1, 0.15) is 39.1 Å². The maximum atomic E-state index is 13.4. The van der Waals surface area contributed by atoms with E-state index in [-0.39, 0.29) is 30.4 Å². The van der Waals surface area contributed by atoms with Crippen LogP contribution in [0.25, 0.3) is 11.0 Å². The predicted octanol–water partition coefficient (Wildman–Crippen LogP) is 2.79. The minimum Gasteiger partial charge on any atom is -0.394 e. The first-order valence-electron chi connectivity index (χ1n) is 11.3. The van der Waals surface area contributed by atoms with Crippen molar-refractivity contribution in [2.75, 3.05) is 23.8 Å². The van der Waals surface area contributed by atoms with E-state index in [4.69, 9.17) is 4.74 Å². The van der Waals surface area contributed by atoms with E-state index in [1.54, 1.807) is 54.9 Å². The second kappa shape index (κ2) is 10.00. The van der Waals surface area contributed by atoms with E-state index >= 15 is 0 Å². The second-order valence-corrected chi connectivity index (χ2v) is 8.28. The van der Waals surface area contributed by atoms with E-state index in [0.29, 0.717) is 46.0 Å². The number of nitrogens with zero attached hydrogens (tertiary/aromatic N) is 3. The number of pyridine rings is 1. The van der Waals surface area contributed by atoms with E-state index in [2.05, 4.69) is 30.6 Å². The maximum Gasteiger partial charge on any atom is 0.256 e. The molecule has 10 heteroatoms. The highest BCUT2D eigenvalue weighted by Crippen LogP contribution is 2.27. The molecule has 4 N–H and O–H groups in total. The third-order valence-corrected chi connectivity index (χ3v) is 5.94. The van der Waals surface area contributed by atoms with Gasteiger partial charge in [0.15, 0.2) is 5.78 Å². The van der Waals surface area contributed by atoms with Crippen molar-refractivity contribution >= 4 is 34.4 Å². The molecule has 0 bridgehead atoms. The minimum atomic E-state index is -0.312. The number of anilines is 2. The average molecular weight is 473 g/mol. The quantitative estimate of drug-likeness (QED) is 0.301. The molecule has 4 heterocycles. The molecule has 1 aliphatic rings. The van der Waals surface area contributed by atoms with Gasteiger partial charge in [0.2, 0.25) is 0 Å². The number of nitrogens with one attached hydrogen (secondary N) is 3. The summed E-state index contributed by atoms with van der Waals surface area (Å²) in [5.41, 5.74) is 1.82. The van der Waals surface area contributed by atoms with Crippen LogP contribution in [0.4, 0.5) is 11.6 Å². The molecular weight excluding hydrogens is 448 g/mol. The zero-order valence-electron chi connectivity index (χ0n) is 18.8.